The summed E-state index contributed by atoms with van der Waals surface area (Å²) in [5, 5.41) is 10.1. The first-order valence-corrected chi connectivity index (χ1v) is 11.2. The number of carbonyl (C=O) groups is 1. The van der Waals surface area contributed by atoms with Crippen molar-refractivity contribution in [1.82, 2.24) is 25.3 Å². The van der Waals surface area contributed by atoms with E-state index in [0.717, 1.165) is 12.1 Å². The fourth-order valence-corrected chi connectivity index (χ4v) is 4.43. The molecule has 2 N–H and O–H groups in total. The summed E-state index contributed by atoms with van der Waals surface area (Å²) in [6.07, 6.45) is -3.75. The average Bonchev–Trinajstić information content (AvgIpc) is 3.33. The minimum Gasteiger partial charge on any atom is -0.491 e. The summed E-state index contributed by atoms with van der Waals surface area (Å²) in [6, 6.07) is 4.33. The lowest BCUT2D eigenvalue weighted by Gasteiger charge is -2.38. The fourth-order valence-electron chi connectivity index (χ4n) is 4.43. The maximum Gasteiger partial charge on any atom is 0.416 e. The van der Waals surface area contributed by atoms with E-state index in [1.165, 1.54) is 12.1 Å². The van der Waals surface area contributed by atoms with Crippen molar-refractivity contribution < 1.29 is 36.2 Å². The van der Waals surface area contributed by atoms with Crippen LogP contribution in [0.2, 0.25) is 0 Å². The van der Waals surface area contributed by atoms with E-state index in [-0.39, 0.29) is 37.9 Å². The first-order valence-electron chi connectivity index (χ1n) is 11.2. The number of ether oxygens (including phenoxy) is 2. The summed E-state index contributed by atoms with van der Waals surface area (Å²) < 4.78 is 77.5. The zero-order valence-corrected chi connectivity index (χ0v) is 18.6. The van der Waals surface area contributed by atoms with E-state index in [4.69, 9.17) is 9.47 Å². The van der Waals surface area contributed by atoms with Crippen LogP contribution in [0.15, 0.2) is 24.3 Å². The molecule has 8 nitrogen and oxygen atoms in total. The fraction of sp³-hybridized carbons (Fsp3) is 0.545. The number of fused-ring (bicyclic) bond motifs is 2. The number of benzene rings is 1. The molecule has 0 unspecified atom stereocenters. The van der Waals surface area contributed by atoms with Gasteiger partial charge in [0.15, 0.2) is 5.69 Å². The summed E-state index contributed by atoms with van der Waals surface area (Å²) in [5.41, 5.74) is -0.238. The molecule has 2 aromatic rings. The van der Waals surface area contributed by atoms with Gasteiger partial charge in [0.05, 0.1) is 31.2 Å². The van der Waals surface area contributed by atoms with Gasteiger partial charge in [-0.05, 0) is 43.1 Å². The Labute approximate surface area is 197 Å². The van der Waals surface area contributed by atoms with Crippen LogP contribution in [0.4, 0.5) is 22.0 Å². The van der Waals surface area contributed by atoms with E-state index in [9.17, 15) is 26.7 Å². The molecule has 1 aromatic carbocycles. The van der Waals surface area contributed by atoms with Crippen molar-refractivity contribution in [3.8, 4) is 11.6 Å². The van der Waals surface area contributed by atoms with Crippen LogP contribution >= 0.6 is 0 Å². The predicted molar refractivity (Wildman–Crippen MR) is 113 cm³/mol. The van der Waals surface area contributed by atoms with Crippen LogP contribution in [0, 0.1) is 0 Å². The van der Waals surface area contributed by atoms with Gasteiger partial charge in [-0.2, -0.15) is 18.3 Å². The maximum atomic E-state index is 13.0. The number of likely N-dealkylation sites (tertiary alicyclic amines) is 1. The Morgan fingerprint density at radius 1 is 1.23 bits per heavy atom. The molecule has 1 saturated heterocycles. The molecule has 1 amide bonds. The summed E-state index contributed by atoms with van der Waals surface area (Å²) in [7, 11) is 0. The van der Waals surface area contributed by atoms with Crippen LogP contribution < -0.4 is 20.1 Å². The number of nitrogens with one attached hydrogen (secondary N) is 2. The lowest BCUT2D eigenvalue weighted by molar-refractivity contribution is -0.137. The van der Waals surface area contributed by atoms with Crippen LogP contribution in [-0.4, -0.2) is 71.6 Å². The van der Waals surface area contributed by atoms with Crippen molar-refractivity contribution in [3.05, 3.63) is 41.1 Å². The summed E-state index contributed by atoms with van der Waals surface area (Å²) in [6.45, 7) is 1.11. The van der Waals surface area contributed by atoms with Crippen molar-refractivity contribution in [2.45, 2.75) is 43.6 Å². The quantitative estimate of drug-likeness (QED) is 0.448. The number of nitrogens with zero attached hydrogens (tertiary/aromatic N) is 3. The van der Waals surface area contributed by atoms with E-state index in [1.54, 1.807) is 9.58 Å². The zero-order valence-electron chi connectivity index (χ0n) is 18.6. The SMILES string of the molecule is O=C(N[C@H]1COc2ccc(C(F)(F)F)cc2C1)c1cc2n(n1)C[C@@H](CCNCN1CC(F)(F)C1)O2. The van der Waals surface area contributed by atoms with Crippen molar-refractivity contribution in [2.75, 3.05) is 32.9 Å². The van der Waals surface area contributed by atoms with Gasteiger partial charge in [-0.25, -0.2) is 13.5 Å². The molecule has 3 aliphatic heterocycles. The number of rotatable bonds is 7. The number of amides is 1. The number of hydrogen-bond acceptors (Lipinski definition) is 6. The molecule has 0 spiro atoms. The third-order valence-electron chi connectivity index (χ3n) is 6.16. The third kappa shape index (κ3) is 5.35. The number of alkyl halides is 5. The molecule has 0 saturated carbocycles. The summed E-state index contributed by atoms with van der Waals surface area (Å²) in [4.78, 5) is 14.3. The van der Waals surface area contributed by atoms with Crippen molar-refractivity contribution in [3.63, 3.8) is 0 Å². The lowest BCUT2D eigenvalue weighted by Crippen LogP contribution is -2.58. The van der Waals surface area contributed by atoms with Gasteiger partial charge in [0.1, 0.15) is 18.5 Å². The molecular weight excluding hydrogens is 477 g/mol. The number of aromatic nitrogens is 2. The first kappa shape index (κ1) is 23.8. The Kier molecular flexibility index (Phi) is 6.08. The highest BCUT2D eigenvalue weighted by molar-refractivity contribution is 5.92. The van der Waals surface area contributed by atoms with Crippen molar-refractivity contribution in [1.29, 1.82) is 0 Å². The molecule has 13 heteroatoms. The van der Waals surface area contributed by atoms with E-state index in [1.807, 2.05) is 0 Å². The second kappa shape index (κ2) is 8.94. The third-order valence-corrected chi connectivity index (χ3v) is 6.16. The lowest BCUT2D eigenvalue weighted by atomic mass is 10.00. The average molecular weight is 501 g/mol. The van der Waals surface area contributed by atoms with Crippen LogP contribution in [-0.2, 0) is 19.1 Å². The van der Waals surface area contributed by atoms with Gasteiger partial charge in [0, 0.05) is 12.7 Å². The Morgan fingerprint density at radius 3 is 2.74 bits per heavy atom. The van der Waals surface area contributed by atoms with Crippen molar-refractivity contribution in [2.24, 2.45) is 0 Å². The monoisotopic (exact) mass is 501 g/mol. The Balaban J connectivity index is 1.08. The minimum atomic E-state index is -4.46. The minimum absolute atomic E-state index is 0.137. The highest BCUT2D eigenvalue weighted by atomic mass is 19.4. The van der Waals surface area contributed by atoms with E-state index >= 15 is 0 Å². The van der Waals surface area contributed by atoms with E-state index in [2.05, 4.69) is 15.7 Å². The van der Waals surface area contributed by atoms with Gasteiger partial charge in [-0.1, -0.05) is 0 Å². The van der Waals surface area contributed by atoms with Crippen LogP contribution in [0.5, 0.6) is 11.6 Å². The Hall–Kier alpha value is -2.93. The second-order valence-electron chi connectivity index (χ2n) is 9.09. The number of carbonyl (C=O) groups excluding carboxylic acids is 1. The Bertz CT molecular complexity index is 1070. The van der Waals surface area contributed by atoms with Gasteiger partial charge in [-0.3, -0.25) is 9.69 Å². The molecule has 5 rings (SSSR count). The largest absolute Gasteiger partial charge is 0.491 e. The highest BCUT2D eigenvalue weighted by Gasteiger charge is 2.43. The standard InChI is InChI=1S/C22H24F5N5O3/c23-21(24)10-31(11-21)12-28-4-3-16-8-32-19(35-16)7-17(30-32)20(33)29-15-6-13-5-14(22(25,26)27)1-2-18(13)34-9-15/h1-2,5,7,15-16,28H,3-4,6,8-12H2,(H,29,33)/t15-,16-/m1/s1. The molecule has 1 aromatic heterocycles. The molecular formula is C22H24F5N5O3. The normalized spacial score (nSPS) is 23.0. The van der Waals surface area contributed by atoms with Gasteiger partial charge in [0.2, 0.25) is 5.88 Å². The summed E-state index contributed by atoms with van der Waals surface area (Å²) in [5.74, 6) is -2.23. The highest BCUT2D eigenvalue weighted by Crippen LogP contribution is 2.34. The predicted octanol–water partition coefficient (Wildman–Crippen LogP) is 2.28. The van der Waals surface area contributed by atoms with Crippen molar-refractivity contribution >= 4 is 5.91 Å². The molecule has 3 aliphatic rings. The smallest absolute Gasteiger partial charge is 0.416 e. The molecule has 0 aliphatic carbocycles. The van der Waals surface area contributed by atoms with E-state index in [0.29, 0.717) is 43.4 Å². The number of halogens is 5. The molecule has 35 heavy (non-hydrogen) atoms. The zero-order chi connectivity index (χ0) is 24.8. The number of hydrogen-bond donors (Lipinski definition) is 2. The van der Waals surface area contributed by atoms with Crippen LogP contribution in [0.1, 0.15) is 28.0 Å². The molecule has 4 heterocycles. The summed E-state index contributed by atoms with van der Waals surface area (Å²) >= 11 is 0. The second-order valence-corrected chi connectivity index (χ2v) is 9.09. The van der Waals surface area contributed by atoms with Gasteiger partial charge in [-0.15, -0.1) is 0 Å². The molecule has 1 fully saturated rings. The molecule has 0 bridgehead atoms. The molecule has 0 radical (unpaired) electrons. The maximum absolute atomic E-state index is 13.0. The van der Waals surface area contributed by atoms with Gasteiger partial charge < -0.3 is 20.1 Å². The Morgan fingerprint density at radius 2 is 2.03 bits per heavy atom. The van der Waals surface area contributed by atoms with Crippen LogP contribution in [0.3, 0.4) is 0 Å². The van der Waals surface area contributed by atoms with E-state index < -0.39 is 29.6 Å². The molecule has 2 atom stereocenters. The van der Waals surface area contributed by atoms with Gasteiger partial charge >= 0.3 is 6.18 Å². The van der Waals surface area contributed by atoms with Crippen LogP contribution in [0.25, 0.3) is 0 Å². The van der Waals surface area contributed by atoms with Gasteiger partial charge in [0.25, 0.3) is 11.8 Å². The molecule has 190 valence electrons. The topological polar surface area (TPSA) is 80.6 Å². The first-order chi connectivity index (χ1) is 16.6.